The summed E-state index contributed by atoms with van der Waals surface area (Å²) in [5.74, 6) is 0.849. The molecule has 4 aromatic rings. The molecule has 0 N–H and O–H groups in total. The Kier molecular flexibility index (Phi) is 8.03. The number of hydrogen-bond acceptors (Lipinski definition) is 5. The van der Waals surface area contributed by atoms with Gasteiger partial charge < -0.3 is 9.47 Å². The molecular formula is C36H41ClN4O3S. The van der Waals surface area contributed by atoms with Crippen molar-refractivity contribution in [1.29, 1.82) is 0 Å². The summed E-state index contributed by atoms with van der Waals surface area (Å²) in [4.78, 5) is 23.2. The summed E-state index contributed by atoms with van der Waals surface area (Å²) in [6, 6.07) is 25.4. The van der Waals surface area contributed by atoms with E-state index in [2.05, 4.69) is 71.0 Å². The fraction of sp³-hybridized carbons (Fsp3) is 0.444. The Morgan fingerprint density at radius 2 is 1.60 bits per heavy atom. The average molecular weight is 645 g/mol. The van der Waals surface area contributed by atoms with Crippen LogP contribution in [0, 0.1) is 6.92 Å². The molecule has 3 aliphatic heterocycles. The number of rotatable bonds is 7. The Labute approximate surface area is 271 Å². The third-order valence-electron chi connectivity index (χ3n) is 10.8. The maximum atomic E-state index is 13.7. The van der Waals surface area contributed by atoms with Crippen LogP contribution in [0.4, 0.5) is 0 Å². The van der Waals surface area contributed by atoms with E-state index in [0.29, 0.717) is 36.2 Å². The third-order valence-corrected chi connectivity index (χ3v) is 12.2. The van der Waals surface area contributed by atoms with Crippen LogP contribution in [0.3, 0.4) is 0 Å². The molecule has 3 aliphatic rings. The second-order valence-electron chi connectivity index (χ2n) is 13.4. The molecule has 2 atom stereocenters. The molecule has 0 aliphatic carbocycles. The van der Waals surface area contributed by atoms with Crippen LogP contribution in [0.15, 0.2) is 77.7 Å². The number of benzene rings is 3. The van der Waals surface area contributed by atoms with Gasteiger partial charge in [0, 0.05) is 42.5 Å². The Balaban J connectivity index is 1.08. The smallest absolute Gasteiger partial charge is 0.255 e. The van der Waals surface area contributed by atoms with Gasteiger partial charge in [0.1, 0.15) is 5.82 Å². The van der Waals surface area contributed by atoms with Crippen LogP contribution >= 0.6 is 11.6 Å². The van der Waals surface area contributed by atoms with Crippen molar-refractivity contribution in [3.63, 3.8) is 0 Å². The van der Waals surface area contributed by atoms with E-state index in [9.17, 15) is 13.2 Å². The van der Waals surface area contributed by atoms with Gasteiger partial charge in [0.2, 0.25) is 0 Å². The number of carbonyl (C=O) groups is 1. The highest BCUT2D eigenvalue weighted by molar-refractivity contribution is 7.90. The van der Waals surface area contributed by atoms with Crippen molar-refractivity contribution in [3.05, 3.63) is 94.8 Å². The first-order chi connectivity index (χ1) is 21.6. The molecule has 45 heavy (non-hydrogen) atoms. The summed E-state index contributed by atoms with van der Waals surface area (Å²) >= 11 is 6.22. The summed E-state index contributed by atoms with van der Waals surface area (Å²) in [5, 5.41) is 0.358. The number of imidazole rings is 1. The lowest BCUT2D eigenvalue weighted by molar-refractivity contribution is 0.0603. The number of piperidine rings is 2. The van der Waals surface area contributed by atoms with Crippen LogP contribution in [0.25, 0.3) is 11.0 Å². The van der Waals surface area contributed by atoms with E-state index in [1.165, 1.54) is 42.1 Å². The first-order valence-electron chi connectivity index (χ1n) is 16.2. The predicted octanol–water partition coefficient (Wildman–Crippen LogP) is 6.83. The van der Waals surface area contributed by atoms with Crippen molar-refractivity contribution >= 4 is 38.4 Å². The lowest BCUT2D eigenvalue weighted by Crippen LogP contribution is -2.49. The fourth-order valence-electron chi connectivity index (χ4n) is 8.57. The molecular weight excluding hydrogens is 604 g/mol. The molecule has 0 spiro atoms. The summed E-state index contributed by atoms with van der Waals surface area (Å²) in [6.45, 7) is 4.33. The van der Waals surface area contributed by atoms with E-state index in [4.69, 9.17) is 16.6 Å². The molecule has 3 saturated heterocycles. The van der Waals surface area contributed by atoms with Crippen molar-refractivity contribution in [1.82, 2.24) is 19.4 Å². The minimum absolute atomic E-state index is 0.0366. The van der Waals surface area contributed by atoms with E-state index in [0.717, 1.165) is 56.2 Å². The van der Waals surface area contributed by atoms with Gasteiger partial charge in [0.05, 0.1) is 21.5 Å². The van der Waals surface area contributed by atoms with Gasteiger partial charge in [-0.05, 0) is 99.7 Å². The van der Waals surface area contributed by atoms with Gasteiger partial charge in [-0.15, -0.1) is 0 Å². The molecule has 7 nitrogen and oxygen atoms in total. The number of carbonyl (C=O) groups excluding carboxylic acids is 1. The second kappa shape index (κ2) is 11.9. The molecule has 0 radical (unpaired) electrons. The molecule has 9 heteroatoms. The van der Waals surface area contributed by atoms with Crippen molar-refractivity contribution in [2.24, 2.45) is 0 Å². The normalized spacial score (nSPS) is 23.4. The molecule has 2 unspecified atom stereocenters. The SMILES string of the molecule is Cc1nc2ccccc2n1C1CC2CCC(C1)N2CCC1(c2ccccc2)CCN(C(=O)c2cc(Cl)ccc2S(C)(=O)=O)CC1. The highest BCUT2D eigenvalue weighted by Gasteiger charge is 2.44. The zero-order valence-corrected chi connectivity index (χ0v) is 27.6. The summed E-state index contributed by atoms with van der Waals surface area (Å²) in [5.41, 5.74) is 3.79. The highest BCUT2D eigenvalue weighted by Crippen LogP contribution is 2.45. The average Bonchev–Trinajstić information content (AvgIpc) is 3.49. The first-order valence-corrected chi connectivity index (χ1v) is 18.4. The van der Waals surface area contributed by atoms with Crippen molar-refractivity contribution < 1.29 is 13.2 Å². The number of nitrogens with zero attached hydrogens (tertiary/aromatic N) is 4. The number of amides is 1. The van der Waals surface area contributed by atoms with Crippen LogP contribution in [-0.2, 0) is 15.3 Å². The van der Waals surface area contributed by atoms with Crippen LogP contribution in [-0.4, -0.2) is 71.6 Å². The molecule has 2 bridgehead atoms. The van der Waals surface area contributed by atoms with Crippen molar-refractivity contribution in [2.75, 3.05) is 25.9 Å². The van der Waals surface area contributed by atoms with Gasteiger partial charge in [-0.2, -0.15) is 0 Å². The van der Waals surface area contributed by atoms with Gasteiger partial charge in [-0.1, -0.05) is 54.1 Å². The van der Waals surface area contributed by atoms with Crippen LogP contribution in [0.5, 0.6) is 0 Å². The van der Waals surface area contributed by atoms with Crippen molar-refractivity contribution in [3.8, 4) is 0 Å². The van der Waals surface area contributed by atoms with Gasteiger partial charge in [-0.3, -0.25) is 9.69 Å². The second-order valence-corrected chi connectivity index (χ2v) is 15.8. The zero-order chi connectivity index (χ0) is 31.3. The van der Waals surface area contributed by atoms with Crippen LogP contribution in [0.2, 0.25) is 5.02 Å². The minimum Gasteiger partial charge on any atom is -0.339 e. The van der Waals surface area contributed by atoms with Gasteiger partial charge in [-0.25, -0.2) is 13.4 Å². The molecule has 7 rings (SSSR count). The number of aryl methyl sites for hydroxylation is 1. The lowest BCUT2D eigenvalue weighted by atomic mass is 9.70. The molecule has 236 valence electrons. The van der Waals surface area contributed by atoms with Gasteiger partial charge >= 0.3 is 0 Å². The summed E-state index contributed by atoms with van der Waals surface area (Å²) in [7, 11) is -3.57. The molecule has 1 aromatic heterocycles. The number of sulfone groups is 1. The standard InChI is InChI=1S/C36H41ClN4O3S/c1-25-38-32-10-6-7-11-33(32)41(25)30-23-28-13-14-29(24-30)40(28)21-18-36(26-8-4-3-5-9-26)16-19-39(20-17-36)35(42)31-22-27(37)12-15-34(31)45(2,43)44/h3-12,15,22,28-30H,13-14,16-21,23-24H2,1-2H3. The number of likely N-dealkylation sites (tertiary alicyclic amines) is 1. The Bertz CT molecular complexity index is 1820. The molecule has 3 aromatic carbocycles. The Hall–Kier alpha value is -3.20. The summed E-state index contributed by atoms with van der Waals surface area (Å²) < 4.78 is 27.4. The van der Waals surface area contributed by atoms with Gasteiger partial charge in [0.25, 0.3) is 5.91 Å². The van der Waals surface area contributed by atoms with Crippen LogP contribution in [0.1, 0.15) is 72.7 Å². The molecule has 0 saturated carbocycles. The van der Waals surface area contributed by atoms with E-state index in [1.54, 1.807) is 0 Å². The number of fused-ring (bicyclic) bond motifs is 3. The molecule has 4 heterocycles. The third kappa shape index (κ3) is 5.70. The van der Waals surface area contributed by atoms with E-state index in [1.807, 2.05) is 4.90 Å². The molecule has 3 fully saturated rings. The highest BCUT2D eigenvalue weighted by atomic mass is 35.5. The summed E-state index contributed by atoms with van der Waals surface area (Å²) in [6.07, 6.45) is 8.65. The maximum Gasteiger partial charge on any atom is 0.255 e. The van der Waals surface area contributed by atoms with Crippen LogP contribution < -0.4 is 0 Å². The predicted molar refractivity (Wildman–Crippen MR) is 179 cm³/mol. The largest absolute Gasteiger partial charge is 0.339 e. The number of aromatic nitrogens is 2. The lowest BCUT2D eigenvalue weighted by Gasteiger charge is -2.45. The molecule has 1 amide bonds. The van der Waals surface area contributed by atoms with E-state index >= 15 is 0 Å². The number of hydrogen-bond donors (Lipinski definition) is 0. The Morgan fingerprint density at radius 3 is 2.29 bits per heavy atom. The maximum absolute atomic E-state index is 13.7. The first kappa shape index (κ1) is 30.5. The number of halogens is 1. The van der Waals surface area contributed by atoms with E-state index in [-0.39, 0.29) is 21.8 Å². The van der Waals surface area contributed by atoms with E-state index < -0.39 is 9.84 Å². The minimum atomic E-state index is -3.57. The quantitative estimate of drug-likeness (QED) is 0.220. The monoisotopic (exact) mass is 644 g/mol. The van der Waals surface area contributed by atoms with Gasteiger partial charge in [0.15, 0.2) is 9.84 Å². The number of para-hydroxylation sites is 2. The zero-order valence-electron chi connectivity index (χ0n) is 26.0. The fourth-order valence-corrected chi connectivity index (χ4v) is 9.60. The Morgan fingerprint density at radius 1 is 0.933 bits per heavy atom. The van der Waals surface area contributed by atoms with Crippen molar-refractivity contribution in [2.45, 2.75) is 80.3 Å². The topological polar surface area (TPSA) is 75.5 Å².